The summed E-state index contributed by atoms with van der Waals surface area (Å²) >= 11 is 0. The van der Waals surface area contributed by atoms with Gasteiger partial charge < -0.3 is 9.30 Å². The Balaban J connectivity index is 1.42. The van der Waals surface area contributed by atoms with Crippen molar-refractivity contribution in [2.45, 2.75) is 24.5 Å². The van der Waals surface area contributed by atoms with Crippen LogP contribution in [0.15, 0.2) is 114 Å². The van der Waals surface area contributed by atoms with Gasteiger partial charge in [-0.1, -0.05) is 54.6 Å². The summed E-state index contributed by atoms with van der Waals surface area (Å²) in [6.45, 7) is 1.01. The summed E-state index contributed by atoms with van der Waals surface area (Å²) in [6, 6.07) is 33.8. The Morgan fingerprint density at radius 3 is 2.33 bits per heavy atom. The highest BCUT2D eigenvalue weighted by atomic mass is 32.2. The molecule has 2 heterocycles. The van der Waals surface area contributed by atoms with Gasteiger partial charge in [0.15, 0.2) is 0 Å². The van der Waals surface area contributed by atoms with Gasteiger partial charge in [0.05, 0.1) is 22.6 Å². The van der Waals surface area contributed by atoms with Crippen LogP contribution in [0.25, 0.3) is 32.9 Å². The van der Waals surface area contributed by atoms with Crippen molar-refractivity contribution >= 4 is 37.4 Å². The van der Waals surface area contributed by atoms with E-state index in [1.165, 1.54) is 28.6 Å². The Kier molecular flexibility index (Phi) is 6.49. The molecule has 0 amide bonds. The zero-order valence-electron chi connectivity index (χ0n) is 23.3. The van der Waals surface area contributed by atoms with Gasteiger partial charge in [0.25, 0.3) is 5.69 Å². The highest BCUT2D eigenvalue weighted by Crippen LogP contribution is 2.43. The van der Waals surface area contributed by atoms with Crippen molar-refractivity contribution in [3.63, 3.8) is 0 Å². The lowest BCUT2D eigenvalue weighted by Crippen LogP contribution is -2.25. The van der Waals surface area contributed by atoms with Gasteiger partial charge in [-0.2, -0.15) is 4.31 Å². The van der Waals surface area contributed by atoms with Crippen LogP contribution in [0.2, 0.25) is 0 Å². The lowest BCUT2D eigenvalue weighted by Gasteiger charge is -2.18. The normalized spacial score (nSPS) is 13.4. The first-order valence-corrected chi connectivity index (χ1v) is 15.3. The summed E-state index contributed by atoms with van der Waals surface area (Å²) in [5, 5.41) is 14.2. The number of non-ortho nitro benzene ring substituents is 1. The molecule has 0 saturated heterocycles. The summed E-state index contributed by atoms with van der Waals surface area (Å²) < 4.78 is 37.0. The number of rotatable bonds is 7. The number of hydrogen-bond donors (Lipinski definition) is 0. The fourth-order valence-electron chi connectivity index (χ4n) is 6.05. The molecule has 8 nitrogen and oxygen atoms in total. The molecule has 0 N–H and O–H groups in total. The van der Waals surface area contributed by atoms with Gasteiger partial charge in [-0.25, -0.2) is 8.42 Å². The smallest absolute Gasteiger partial charge is 0.269 e. The third-order valence-corrected chi connectivity index (χ3v) is 9.97. The number of fused-ring (bicyclic) bond motifs is 3. The monoisotopic (exact) mass is 589 g/mol. The molecular weight excluding hydrogens is 562 g/mol. The quantitative estimate of drug-likeness (QED) is 0.146. The Hall–Kier alpha value is -4.99. The van der Waals surface area contributed by atoms with Crippen molar-refractivity contribution in [2.75, 3.05) is 7.11 Å². The predicted molar refractivity (Wildman–Crippen MR) is 167 cm³/mol. The van der Waals surface area contributed by atoms with Crippen LogP contribution in [0.5, 0.6) is 5.75 Å². The van der Waals surface area contributed by atoms with E-state index in [1.54, 1.807) is 7.11 Å². The van der Waals surface area contributed by atoms with E-state index in [0.717, 1.165) is 49.6 Å². The number of ether oxygens (including phenoxy) is 1. The Morgan fingerprint density at radius 2 is 1.58 bits per heavy atom. The molecule has 7 rings (SSSR count). The van der Waals surface area contributed by atoms with Crippen molar-refractivity contribution in [1.29, 1.82) is 0 Å². The number of nitrogens with zero attached hydrogens (tertiary/aromatic N) is 3. The molecule has 1 aromatic heterocycles. The molecule has 43 heavy (non-hydrogen) atoms. The maximum Gasteiger partial charge on any atom is 0.269 e. The molecule has 5 aromatic carbocycles. The van der Waals surface area contributed by atoms with E-state index in [0.29, 0.717) is 12.3 Å². The van der Waals surface area contributed by atoms with Gasteiger partial charge in [-0.15, -0.1) is 0 Å². The first kappa shape index (κ1) is 26.9. The summed E-state index contributed by atoms with van der Waals surface area (Å²) in [4.78, 5) is 10.6. The molecule has 1 aliphatic rings. The average Bonchev–Trinajstić information content (AvgIpc) is 3.62. The molecule has 0 unspecified atom stereocenters. The zero-order chi connectivity index (χ0) is 29.7. The molecule has 0 radical (unpaired) electrons. The molecule has 6 aromatic rings. The van der Waals surface area contributed by atoms with Crippen molar-refractivity contribution in [3.8, 4) is 17.0 Å². The lowest BCUT2D eigenvalue weighted by molar-refractivity contribution is -0.384. The molecular formula is C34H27N3O5S. The summed E-state index contributed by atoms with van der Waals surface area (Å²) in [7, 11) is -2.29. The number of para-hydroxylation sites is 1. The highest BCUT2D eigenvalue weighted by Gasteiger charge is 2.34. The van der Waals surface area contributed by atoms with Crippen LogP contribution in [-0.2, 0) is 29.7 Å². The van der Waals surface area contributed by atoms with Crippen molar-refractivity contribution < 1.29 is 18.1 Å². The Bertz CT molecular complexity index is 2140. The second-order valence-corrected chi connectivity index (χ2v) is 12.6. The van der Waals surface area contributed by atoms with E-state index >= 15 is 0 Å². The second-order valence-electron chi connectivity index (χ2n) is 10.7. The first-order chi connectivity index (χ1) is 20.8. The topological polar surface area (TPSA) is 94.7 Å². The van der Waals surface area contributed by atoms with Crippen molar-refractivity contribution in [2.24, 2.45) is 0 Å². The highest BCUT2D eigenvalue weighted by molar-refractivity contribution is 7.89. The van der Waals surface area contributed by atoms with E-state index in [1.807, 2.05) is 48.5 Å². The number of nitro benzene ring substituents is 1. The maximum absolute atomic E-state index is 13.8. The molecule has 0 saturated carbocycles. The standard InChI is InChI=1S/C34H27N3O5S/c1-42-28-14-11-24-17-26-21-35(43(40,41)29-15-12-27(13-16-29)37(38)39)22-31(26)34(30(24)19-28)33-18-25-9-5-6-10-32(25)36(33)20-23-7-3-2-4-8-23/h2-19H,20-22H2,1H3. The number of hydrogen-bond acceptors (Lipinski definition) is 5. The van der Waals surface area contributed by atoms with Crippen LogP contribution in [-0.4, -0.2) is 29.3 Å². The van der Waals surface area contributed by atoms with E-state index in [2.05, 4.69) is 41.0 Å². The number of methoxy groups -OCH3 is 1. The molecule has 214 valence electrons. The molecule has 0 bridgehead atoms. The minimum atomic E-state index is -3.92. The Morgan fingerprint density at radius 1 is 0.837 bits per heavy atom. The van der Waals surface area contributed by atoms with Gasteiger partial charge in [-0.3, -0.25) is 10.1 Å². The van der Waals surface area contributed by atoms with E-state index in [-0.39, 0.29) is 23.7 Å². The molecule has 9 heteroatoms. The van der Waals surface area contributed by atoms with E-state index in [9.17, 15) is 18.5 Å². The lowest BCUT2D eigenvalue weighted by atomic mass is 9.93. The largest absolute Gasteiger partial charge is 0.497 e. The summed E-state index contributed by atoms with van der Waals surface area (Å²) in [5.41, 5.74) is 5.91. The van der Waals surface area contributed by atoms with Crippen LogP contribution in [0.3, 0.4) is 0 Å². The number of nitro groups is 1. The number of aromatic nitrogens is 1. The summed E-state index contributed by atoms with van der Waals surface area (Å²) in [5.74, 6) is 0.716. The average molecular weight is 590 g/mol. The molecule has 0 aliphatic carbocycles. The van der Waals surface area contributed by atoms with Crippen molar-refractivity contribution in [1.82, 2.24) is 8.87 Å². The molecule has 0 atom stereocenters. The van der Waals surface area contributed by atoms with E-state index in [4.69, 9.17) is 4.74 Å². The second kappa shape index (κ2) is 10.4. The van der Waals surface area contributed by atoms with Gasteiger partial charge in [0.2, 0.25) is 10.0 Å². The number of benzene rings is 5. The Labute approximate surface area is 248 Å². The van der Waals surface area contributed by atoms with Gasteiger partial charge in [0.1, 0.15) is 5.75 Å². The fraction of sp³-hybridized carbons (Fsp3) is 0.118. The number of sulfonamides is 1. The fourth-order valence-corrected chi connectivity index (χ4v) is 7.44. The van der Waals surface area contributed by atoms with Crippen LogP contribution < -0.4 is 4.74 Å². The van der Waals surface area contributed by atoms with Gasteiger partial charge in [-0.05, 0) is 69.9 Å². The van der Waals surface area contributed by atoms with Crippen LogP contribution in [0.1, 0.15) is 16.7 Å². The third kappa shape index (κ3) is 4.63. The third-order valence-electron chi connectivity index (χ3n) is 8.17. The van der Waals surface area contributed by atoms with Crippen LogP contribution >= 0.6 is 0 Å². The van der Waals surface area contributed by atoms with Crippen LogP contribution in [0, 0.1) is 10.1 Å². The molecule has 1 aliphatic heterocycles. The van der Waals surface area contributed by atoms with E-state index < -0.39 is 14.9 Å². The maximum atomic E-state index is 13.8. The molecule has 0 spiro atoms. The van der Waals surface area contributed by atoms with Crippen molar-refractivity contribution in [3.05, 3.63) is 136 Å². The minimum Gasteiger partial charge on any atom is -0.497 e. The predicted octanol–water partition coefficient (Wildman–Crippen LogP) is 7.13. The zero-order valence-corrected chi connectivity index (χ0v) is 24.1. The minimum absolute atomic E-state index is 0.0249. The van der Waals surface area contributed by atoms with Gasteiger partial charge >= 0.3 is 0 Å². The molecule has 0 fully saturated rings. The van der Waals surface area contributed by atoms with Crippen LogP contribution in [0.4, 0.5) is 5.69 Å². The van der Waals surface area contributed by atoms with Gasteiger partial charge in [0, 0.05) is 48.2 Å². The summed E-state index contributed by atoms with van der Waals surface area (Å²) in [6.07, 6.45) is 0. The first-order valence-electron chi connectivity index (χ1n) is 13.8. The SMILES string of the molecule is COc1ccc2cc3c(c(-c4cc5ccccc5n4Cc4ccccc4)c2c1)CN(S(=O)(=O)c1ccc([N+](=O)[O-])cc1)C3.